The van der Waals surface area contributed by atoms with Crippen LogP contribution in [-0.2, 0) is 13.0 Å². The Morgan fingerprint density at radius 2 is 2.32 bits per heavy atom. The molecule has 7 nitrogen and oxygen atoms in total. The first kappa shape index (κ1) is 13.2. The highest BCUT2D eigenvalue weighted by molar-refractivity contribution is 5.90. The summed E-state index contributed by atoms with van der Waals surface area (Å²) < 4.78 is 4.96. The zero-order valence-corrected chi connectivity index (χ0v) is 10.6. The number of nitrogens with one attached hydrogen (secondary N) is 2. The second-order valence-electron chi connectivity index (χ2n) is 3.87. The average Bonchev–Trinajstić information content (AvgIpc) is 2.92. The van der Waals surface area contributed by atoms with Gasteiger partial charge in [0.1, 0.15) is 0 Å². The minimum Gasteiger partial charge on any atom is -0.344 e. The van der Waals surface area contributed by atoms with Gasteiger partial charge in [0.05, 0.1) is 12.2 Å². The molecule has 1 amide bonds. The van der Waals surface area contributed by atoms with E-state index in [1.807, 2.05) is 25.2 Å². The Morgan fingerprint density at radius 3 is 3.05 bits per heavy atom. The fraction of sp³-hybridized carbons (Fsp3) is 0.333. The summed E-state index contributed by atoms with van der Waals surface area (Å²) in [5, 5.41) is 9.28. The van der Waals surface area contributed by atoms with Crippen molar-refractivity contribution in [3.63, 3.8) is 0 Å². The zero-order chi connectivity index (χ0) is 13.5. The number of carbonyl (C=O) groups excluding carboxylic acids is 1. The number of likely N-dealkylation sites (N-methyl/N-ethyl adjacent to an activating group) is 1. The second kappa shape index (κ2) is 6.60. The van der Waals surface area contributed by atoms with Crippen molar-refractivity contribution < 1.29 is 9.32 Å². The van der Waals surface area contributed by atoms with E-state index in [1.165, 1.54) is 0 Å². The predicted molar refractivity (Wildman–Crippen MR) is 67.3 cm³/mol. The van der Waals surface area contributed by atoms with Gasteiger partial charge >= 0.3 is 0 Å². The molecule has 2 aromatic heterocycles. The largest absolute Gasteiger partial charge is 0.344 e. The van der Waals surface area contributed by atoms with E-state index in [4.69, 9.17) is 4.52 Å². The minimum absolute atomic E-state index is 0.0436. The van der Waals surface area contributed by atoms with Crippen molar-refractivity contribution in [1.29, 1.82) is 0 Å². The molecule has 2 rings (SSSR count). The van der Waals surface area contributed by atoms with Gasteiger partial charge in [-0.25, -0.2) is 0 Å². The number of hydrogen-bond donors (Lipinski definition) is 2. The van der Waals surface area contributed by atoms with Crippen molar-refractivity contribution >= 4 is 5.91 Å². The quantitative estimate of drug-likeness (QED) is 0.769. The number of rotatable bonds is 6. The van der Waals surface area contributed by atoms with Crippen LogP contribution >= 0.6 is 0 Å². The highest BCUT2D eigenvalue weighted by Gasteiger charge is 2.13. The molecule has 0 aromatic carbocycles. The molecule has 0 saturated heterocycles. The minimum atomic E-state index is -0.370. The summed E-state index contributed by atoms with van der Waals surface area (Å²) >= 11 is 0. The maximum absolute atomic E-state index is 11.8. The van der Waals surface area contributed by atoms with Gasteiger partial charge in [0.15, 0.2) is 0 Å². The van der Waals surface area contributed by atoms with Crippen LogP contribution in [0, 0.1) is 0 Å². The number of amides is 1. The molecule has 0 aliphatic rings. The van der Waals surface area contributed by atoms with Crippen LogP contribution < -0.4 is 10.6 Å². The molecule has 0 fully saturated rings. The van der Waals surface area contributed by atoms with Crippen molar-refractivity contribution in [3.8, 4) is 0 Å². The third-order valence-electron chi connectivity index (χ3n) is 2.42. The third-order valence-corrected chi connectivity index (χ3v) is 2.42. The highest BCUT2D eigenvalue weighted by atomic mass is 16.5. The zero-order valence-electron chi connectivity index (χ0n) is 10.6. The van der Waals surface area contributed by atoms with Crippen molar-refractivity contribution in [3.05, 3.63) is 41.8 Å². The van der Waals surface area contributed by atoms with Gasteiger partial charge in [-0.05, 0) is 19.2 Å². The molecule has 0 bridgehead atoms. The van der Waals surface area contributed by atoms with Gasteiger partial charge in [-0.1, -0.05) is 11.2 Å². The average molecular weight is 261 g/mol. The Balaban J connectivity index is 1.87. The molecule has 2 aromatic rings. The van der Waals surface area contributed by atoms with Crippen LogP contribution in [0.1, 0.15) is 22.2 Å². The molecule has 19 heavy (non-hydrogen) atoms. The lowest BCUT2D eigenvalue weighted by molar-refractivity contribution is 0.0937. The van der Waals surface area contributed by atoms with Gasteiger partial charge in [-0.2, -0.15) is 4.98 Å². The Hall–Kier alpha value is -2.28. The molecule has 0 spiro atoms. The van der Waals surface area contributed by atoms with Crippen molar-refractivity contribution in [2.75, 3.05) is 13.6 Å². The van der Waals surface area contributed by atoms with Crippen LogP contribution in [0.2, 0.25) is 0 Å². The monoisotopic (exact) mass is 261 g/mol. The van der Waals surface area contributed by atoms with E-state index < -0.39 is 0 Å². The van der Waals surface area contributed by atoms with Crippen LogP contribution in [0.25, 0.3) is 0 Å². The number of carbonyl (C=O) groups is 1. The smallest absolute Gasteiger partial charge is 0.293 e. The van der Waals surface area contributed by atoms with Crippen LogP contribution in [0.3, 0.4) is 0 Å². The molecular weight excluding hydrogens is 246 g/mol. The lowest BCUT2D eigenvalue weighted by Gasteiger charge is -2.00. The van der Waals surface area contributed by atoms with Gasteiger partial charge in [0.2, 0.25) is 5.89 Å². The normalized spacial score (nSPS) is 10.4. The fourth-order valence-electron chi connectivity index (χ4n) is 1.43. The van der Waals surface area contributed by atoms with E-state index in [9.17, 15) is 4.79 Å². The summed E-state index contributed by atoms with van der Waals surface area (Å²) in [6.45, 7) is 1.05. The van der Waals surface area contributed by atoms with E-state index in [0.29, 0.717) is 18.9 Å². The van der Waals surface area contributed by atoms with Gasteiger partial charge in [0, 0.05) is 19.2 Å². The molecule has 0 aliphatic heterocycles. The summed E-state index contributed by atoms with van der Waals surface area (Å²) in [5.74, 6) is 0.115. The second-order valence-corrected chi connectivity index (χ2v) is 3.87. The molecule has 0 unspecified atom stereocenters. The summed E-state index contributed by atoms with van der Waals surface area (Å²) in [7, 11) is 1.83. The number of pyridine rings is 1. The first-order valence-electron chi connectivity index (χ1n) is 5.95. The Labute approximate surface area is 110 Å². The summed E-state index contributed by atoms with van der Waals surface area (Å²) in [6, 6.07) is 5.51. The topological polar surface area (TPSA) is 92.9 Å². The Kier molecular flexibility index (Phi) is 4.57. The van der Waals surface area contributed by atoms with Crippen LogP contribution in [0.15, 0.2) is 28.9 Å². The molecule has 7 heteroatoms. The molecule has 2 heterocycles. The maximum Gasteiger partial charge on any atom is 0.293 e. The lowest BCUT2D eigenvalue weighted by Crippen LogP contribution is -2.24. The standard InChI is InChI=1S/C12H15N5O2/c1-13-7-5-10-16-11(17-19-10)12(18)15-8-9-4-2-3-6-14-9/h2-4,6,13H,5,7-8H2,1H3,(H,15,18). The number of aromatic nitrogens is 3. The van der Waals surface area contributed by atoms with Gasteiger partial charge < -0.3 is 15.2 Å². The van der Waals surface area contributed by atoms with Crippen molar-refractivity contribution in [1.82, 2.24) is 25.8 Å². The van der Waals surface area contributed by atoms with Crippen molar-refractivity contribution in [2.45, 2.75) is 13.0 Å². The van der Waals surface area contributed by atoms with E-state index in [2.05, 4.69) is 25.8 Å². The summed E-state index contributed by atoms with van der Waals surface area (Å²) in [6.07, 6.45) is 2.27. The van der Waals surface area contributed by atoms with Crippen LogP contribution in [0.5, 0.6) is 0 Å². The maximum atomic E-state index is 11.8. The molecular formula is C12H15N5O2. The van der Waals surface area contributed by atoms with Crippen LogP contribution in [-0.4, -0.2) is 34.6 Å². The highest BCUT2D eigenvalue weighted by Crippen LogP contribution is 1.99. The van der Waals surface area contributed by atoms with E-state index in [1.54, 1.807) is 6.20 Å². The molecule has 0 atom stereocenters. The number of hydrogen-bond acceptors (Lipinski definition) is 6. The lowest BCUT2D eigenvalue weighted by atomic mass is 10.3. The molecule has 0 saturated carbocycles. The Bertz CT molecular complexity index is 526. The van der Waals surface area contributed by atoms with E-state index in [-0.39, 0.29) is 11.7 Å². The molecule has 100 valence electrons. The fourth-order valence-corrected chi connectivity index (χ4v) is 1.43. The van der Waals surface area contributed by atoms with Crippen molar-refractivity contribution in [2.24, 2.45) is 0 Å². The van der Waals surface area contributed by atoms with Gasteiger partial charge in [-0.3, -0.25) is 9.78 Å². The molecule has 0 radical (unpaired) electrons. The van der Waals surface area contributed by atoms with Gasteiger partial charge in [0.25, 0.3) is 11.7 Å². The van der Waals surface area contributed by atoms with E-state index >= 15 is 0 Å². The van der Waals surface area contributed by atoms with Gasteiger partial charge in [-0.15, -0.1) is 0 Å². The first-order chi connectivity index (χ1) is 9.29. The summed E-state index contributed by atoms with van der Waals surface area (Å²) in [4.78, 5) is 19.9. The Morgan fingerprint density at radius 1 is 1.42 bits per heavy atom. The number of nitrogens with zero attached hydrogens (tertiary/aromatic N) is 3. The summed E-state index contributed by atoms with van der Waals surface area (Å²) in [5.41, 5.74) is 0.773. The predicted octanol–water partition coefficient (Wildman–Crippen LogP) is 0.156. The molecule has 0 aliphatic carbocycles. The van der Waals surface area contributed by atoms with E-state index in [0.717, 1.165) is 12.2 Å². The van der Waals surface area contributed by atoms with Crippen LogP contribution in [0.4, 0.5) is 0 Å². The molecule has 2 N–H and O–H groups in total. The third kappa shape index (κ3) is 3.85. The SMILES string of the molecule is CNCCc1nc(C(=O)NCc2ccccn2)no1. The first-order valence-corrected chi connectivity index (χ1v) is 5.95.